The Kier molecular flexibility index (Phi) is 3.71. The lowest BCUT2D eigenvalue weighted by Gasteiger charge is -2.20. The second-order valence-corrected chi connectivity index (χ2v) is 6.55. The van der Waals surface area contributed by atoms with E-state index in [0.717, 1.165) is 28.5 Å². The Hall–Kier alpha value is -2.78. The highest BCUT2D eigenvalue weighted by atomic mass is 32.2. The van der Waals surface area contributed by atoms with Crippen molar-refractivity contribution in [2.75, 3.05) is 17.2 Å². The Morgan fingerprint density at radius 1 is 1.21 bits per heavy atom. The van der Waals surface area contributed by atoms with Crippen molar-refractivity contribution in [3.05, 3.63) is 59.5 Å². The maximum Gasteiger partial charge on any atom is 0.178 e. The van der Waals surface area contributed by atoms with Crippen molar-refractivity contribution >= 4 is 34.2 Å². The van der Waals surface area contributed by atoms with Crippen molar-refractivity contribution in [3.8, 4) is 6.07 Å². The fourth-order valence-corrected chi connectivity index (χ4v) is 4.02. The van der Waals surface area contributed by atoms with Crippen LogP contribution in [0, 0.1) is 11.3 Å². The SMILES string of the molecule is Cn1c(/C(C#N)=C2/SCCN2c2ccccc2)nc2ncccc21. The average molecular weight is 333 g/mol. The fourth-order valence-electron chi connectivity index (χ4n) is 2.92. The molecule has 0 saturated carbocycles. The standard InChI is InChI=1S/C18H15N5S/c1-22-15-8-5-9-20-16(15)21-17(22)14(12-19)18-23(10-11-24-18)13-6-3-2-4-7-13/h2-9H,10-11H2,1H3/b18-14+. The van der Waals surface area contributed by atoms with Gasteiger partial charge in [-0.3, -0.25) is 0 Å². The van der Waals surface area contributed by atoms with Crippen LogP contribution in [0.15, 0.2) is 53.7 Å². The molecule has 0 atom stereocenters. The van der Waals surface area contributed by atoms with Crippen molar-refractivity contribution in [3.63, 3.8) is 0 Å². The first-order chi connectivity index (χ1) is 11.8. The summed E-state index contributed by atoms with van der Waals surface area (Å²) >= 11 is 1.70. The lowest BCUT2D eigenvalue weighted by atomic mass is 10.2. The summed E-state index contributed by atoms with van der Waals surface area (Å²) in [6.45, 7) is 0.886. The molecule has 0 radical (unpaired) electrons. The van der Waals surface area contributed by atoms with Crippen LogP contribution >= 0.6 is 11.8 Å². The molecule has 24 heavy (non-hydrogen) atoms. The van der Waals surface area contributed by atoms with Crippen LogP contribution in [0.25, 0.3) is 16.7 Å². The van der Waals surface area contributed by atoms with Crippen LogP contribution < -0.4 is 4.90 Å². The van der Waals surface area contributed by atoms with Crippen molar-refractivity contribution in [1.82, 2.24) is 14.5 Å². The molecular weight excluding hydrogens is 318 g/mol. The summed E-state index contributed by atoms with van der Waals surface area (Å²) in [5.74, 6) is 1.62. The molecule has 4 rings (SSSR count). The molecule has 3 aromatic rings. The smallest absolute Gasteiger partial charge is 0.178 e. The average Bonchev–Trinajstić information content (AvgIpc) is 3.23. The van der Waals surface area contributed by atoms with Crippen molar-refractivity contribution in [1.29, 1.82) is 5.26 Å². The molecule has 1 aliphatic rings. The number of benzene rings is 1. The molecule has 1 aliphatic heterocycles. The van der Waals surface area contributed by atoms with Gasteiger partial charge in [0.15, 0.2) is 11.5 Å². The summed E-state index contributed by atoms with van der Waals surface area (Å²) in [7, 11) is 1.93. The third-order valence-corrected chi connectivity index (χ3v) is 5.16. The van der Waals surface area contributed by atoms with E-state index in [1.807, 2.05) is 41.9 Å². The Morgan fingerprint density at radius 3 is 2.79 bits per heavy atom. The molecular formula is C18H15N5S. The number of nitrogens with zero attached hydrogens (tertiary/aromatic N) is 5. The van der Waals surface area contributed by atoms with Gasteiger partial charge in [-0.25, -0.2) is 9.97 Å². The molecule has 1 aromatic carbocycles. The largest absolute Gasteiger partial charge is 0.334 e. The number of fused-ring (bicyclic) bond motifs is 1. The monoisotopic (exact) mass is 333 g/mol. The van der Waals surface area contributed by atoms with Gasteiger partial charge in [0.05, 0.1) is 10.5 Å². The van der Waals surface area contributed by atoms with E-state index in [4.69, 9.17) is 0 Å². The zero-order chi connectivity index (χ0) is 16.5. The van der Waals surface area contributed by atoms with Crippen molar-refractivity contribution in [2.24, 2.45) is 7.05 Å². The normalized spacial score (nSPS) is 16.4. The van der Waals surface area contributed by atoms with Gasteiger partial charge in [-0.1, -0.05) is 18.2 Å². The number of rotatable bonds is 2. The minimum Gasteiger partial charge on any atom is -0.334 e. The first-order valence-electron chi connectivity index (χ1n) is 7.67. The number of hydrogen-bond acceptors (Lipinski definition) is 5. The van der Waals surface area contributed by atoms with Crippen LogP contribution in [0.2, 0.25) is 0 Å². The van der Waals surface area contributed by atoms with Crippen LogP contribution in [-0.2, 0) is 7.05 Å². The molecule has 1 saturated heterocycles. The predicted octanol–water partition coefficient (Wildman–Crippen LogP) is 3.41. The van der Waals surface area contributed by atoms with Crippen LogP contribution in [0.4, 0.5) is 5.69 Å². The number of imidazole rings is 1. The molecule has 0 bridgehead atoms. The number of aromatic nitrogens is 3. The number of thioether (sulfide) groups is 1. The van der Waals surface area contributed by atoms with Crippen molar-refractivity contribution in [2.45, 2.75) is 0 Å². The molecule has 6 heteroatoms. The summed E-state index contributed by atoms with van der Waals surface area (Å²) < 4.78 is 1.94. The van der Waals surface area contributed by atoms with Crippen LogP contribution in [0.3, 0.4) is 0 Å². The number of nitriles is 1. The van der Waals surface area contributed by atoms with E-state index in [9.17, 15) is 5.26 Å². The van der Waals surface area contributed by atoms with Crippen LogP contribution in [-0.4, -0.2) is 26.8 Å². The summed E-state index contributed by atoms with van der Waals surface area (Å²) in [5.41, 5.74) is 3.29. The highest BCUT2D eigenvalue weighted by Crippen LogP contribution is 2.38. The Morgan fingerprint density at radius 2 is 2.04 bits per heavy atom. The summed E-state index contributed by atoms with van der Waals surface area (Å²) in [6, 6.07) is 16.4. The van der Waals surface area contributed by atoms with Gasteiger partial charge in [0.25, 0.3) is 0 Å². The molecule has 0 amide bonds. The molecule has 0 N–H and O–H groups in total. The number of para-hydroxylation sites is 1. The van der Waals surface area contributed by atoms with Gasteiger partial charge in [-0.2, -0.15) is 5.26 Å². The minimum atomic E-state index is 0.599. The first-order valence-corrected chi connectivity index (χ1v) is 8.65. The fraction of sp³-hybridized carbons (Fsp3) is 0.167. The molecule has 3 heterocycles. The molecule has 0 aliphatic carbocycles. The molecule has 2 aromatic heterocycles. The van der Waals surface area contributed by atoms with Crippen LogP contribution in [0.1, 0.15) is 5.82 Å². The molecule has 5 nitrogen and oxygen atoms in total. The maximum absolute atomic E-state index is 9.83. The summed E-state index contributed by atoms with van der Waals surface area (Å²) in [6.07, 6.45) is 1.72. The Balaban J connectivity index is 1.89. The highest BCUT2D eigenvalue weighted by Gasteiger charge is 2.26. The number of pyridine rings is 1. The lowest BCUT2D eigenvalue weighted by Crippen LogP contribution is -2.18. The van der Waals surface area contributed by atoms with Gasteiger partial charge in [0.1, 0.15) is 11.6 Å². The number of allylic oxidation sites excluding steroid dienone is 1. The van der Waals surface area contributed by atoms with Crippen molar-refractivity contribution < 1.29 is 0 Å². The first kappa shape index (κ1) is 14.8. The van der Waals surface area contributed by atoms with Gasteiger partial charge in [0, 0.05) is 31.2 Å². The van der Waals surface area contributed by atoms with E-state index in [1.54, 1.807) is 18.0 Å². The summed E-state index contributed by atoms with van der Waals surface area (Å²) in [5, 5.41) is 10.8. The van der Waals surface area contributed by atoms with E-state index in [0.29, 0.717) is 17.0 Å². The number of anilines is 1. The van der Waals surface area contributed by atoms with E-state index >= 15 is 0 Å². The highest BCUT2D eigenvalue weighted by molar-refractivity contribution is 8.03. The van der Waals surface area contributed by atoms with Gasteiger partial charge < -0.3 is 9.47 Å². The Bertz CT molecular complexity index is 968. The zero-order valence-corrected chi connectivity index (χ0v) is 14.0. The number of aryl methyl sites for hydroxylation is 1. The van der Waals surface area contributed by atoms with E-state index in [2.05, 4.69) is 33.1 Å². The second kappa shape index (κ2) is 6.02. The van der Waals surface area contributed by atoms with Gasteiger partial charge in [-0.15, -0.1) is 11.8 Å². The van der Waals surface area contributed by atoms with Gasteiger partial charge in [-0.05, 0) is 24.3 Å². The van der Waals surface area contributed by atoms with Gasteiger partial charge in [0.2, 0.25) is 0 Å². The number of hydrogen-bond donors (Lipinski definition) is 0. The third kappa shape index (κ3) is 2.34. The molecule has 118 valence electrons. The maximum atomic E-state index is 9.83. The van der Waals surface area contributed by atoms with Gasteiger partial charge >= 0.3 is 0 Å². The van der Waals surface area contributed by atoms with E-state index in [-0.39, 0.29) is 0 Å². The summed E-state index contributed by atoms with van der Waals surface area (Å²) in [4.78, 5) is 11.1. The topological polar surface area (TPSA) is 57.7 Å². The van der Waals surface area contributed by atoms with E-state index in [1.165, 1.54) is 0 Å². The van der Waals surface area contributed by atoms with Crippen LogP contribution in [0.5, 0.6) is 0 Å². The predicted molar refractivity (Wildman–Crippen MR) is 97.3 cm³/mol. The molecule has 0 unspecified atom stereocenters. The van der Waals surface area contributed by atoms with E-state index < -0.39 is 0 Å². The quantitative estimate of drug-likeness (QED) is 0.673. The molecule has 0 spiro atoms. The minimum absolute atomic E-state index is 0.599. The Labute approximate surface area is 144 Å². The zero-order valence-electron chi connectivity index (χ0n) is 13.2. The lowest BCUT2D eigenvalue weighted by molar-refractivity contribution is 0.921. The second-order valence-electron chi connectivity index (χ2n) is 5.47. The third-order valence-electron chi connectivity index (χ3n) is 4.07. The molecule has 1 fully saturated rings.